The van der Waals surface area contributed by atoms with Crippen LogP contribution in [0.5, 0.6) is 11.5 Å². The third-order valence-corrected chi connectivity index (χ3v) is 3.37. The predicted octanol–water partition coefficient (Wildman–Crippen LogP) is 0.813. The highest BCUT2D eigenvalue weighted by atomic mass is 16.5. The third kappa shape index (κ3) is 5.39. The van der Waals surface area contributed by atoms with Gasteiger partial charge in [0.25, 0.3) is 11.5 Å². The molecule has 3 aromatic rings. The number of hydrogen-bond donors (Lipinski definition) is 4. The number of benzene rings is 2. The highest BCUT2D eigenvalue weighted by molar-refractivity contribution is 5.84. The molecule has 0 saturated carbocycles. The van der Waals surface area contributed by atoms with Crippen LogP contribution in [0.2, 0.25) is 0 Å². The molecule has 0 aliphatic heterocycles. The lowest BCUT2D eigenvalue weighted by Gasteiger charge is -2.06. The van der Waals surface area contributed by atoms with Crippen LogP contribution in [0.1, 0.15) is 5.56 Å². The topological polar surface area (TPSA) is 141 Å². The Morgan fingerprint density at radius 1 is 1.11 bits per heavy atom. The van der Waals surface area contributed by atoms with E-state index in [0.29, 0.717) is 11.5 Å². The van der Waals surface area contributed by atoms with Gasteiger partial charge in [0.1, 0.15) is 11.5 Å². The Bertz CT molecular complexity index is 1090. The normalized spacial score (nSPS) is 10.6. The number of aromatic nitrogens is 3. The minimum absolute atomic E-state index is 0.176. The largest absolute Gasteiger partial charge is 0.457 e. The van der Waals surface area contributed by atoms with Gasteiger partial charge in [-0.1, -0.05) is 30.3 Å². The summed E-state index contributed by atoms with van der Waals surface area (Å²) < 4.78 is 5.73. The van der Waals surface area contributed by atoms with Crippen molar-refractivity contribution < 1.29 is 9.53 Å². The third-order valence-electron chi connectivity index (χ3n) is 3.37. The number of ether oxygens (including phenoxy) is 1. The van der Waals surface area contributed by atoms with E-state index in [1.807, 2.05) is 41.4 Å². The summed E-state index contributed by atoms with van der Waals surface area (Å²) in [6.07, 6.45) is 1.46. The van der Waals surface area contributed by atoms with Crippen molar-refractivity contribution >= 4 is 17.9 Å². The molecule has 1 heterocycles. The number of anilines is 1. The quantitative estimate of drug-likeness (QED) is 0.353. The second-order valence-electron chi connectivity index (χ2n) is 5.49. The summed E-state index contributed by atoms with van der Waals surface area (Å²) in [5.74, 6) is 0.665. The molecule has 10 nitrogen and oxygen atoms in total. The van der Waals surface area contributed by atoms with Gasteiger partial charge < -0.3 is 10.1 Å². The number of para-hydroxylation sites is 1. The zero-order chi connectivity index (χ0) is 19.8. The van der Waals surface area contributed by atoms with Crippen molar-refractivity contribution in [2.45, 2.75) is 0 Å². The van der Waals surface area contributed by atoms with Crippen molar-refractivity contribution in [1.29, 1.82) is 0 Å². The second kappa shape index (κ2) is 8.94. The van der Waals surface area contributed by atoms with Gasteiger partial charge in [-0.3, -0.25) is 14.6 Å². The number of aromatic amines is 2. The van der Waals surface area contributed by atoms with E-state index >= 15 is 0 Å². The Labute approximate surface area is 158 Å². The molecule has 142 valence electrons. The molecule has 0 bridgehead atoms. The van der Waals surface area contributed by atoms with Crippen LogP contribution < -0.4 is 26.7 Å². The summed E-state index contributed by atoms with van der Waals surface area (Å²) in [7, 11) is 0. The Kier molecular flexibility index (Phi) is 5.93. The Morgan fingerprint density at radius 3 is 2.68 bits per heavy atom. The zero-order valence-electron chi connectivity index (χ0n) is 14.5. The molecule has 4 N–H and O–H groups in total. The molecule has 2 aromatic carbocycles. The smallest absolute Gasteiger partial charge is 0.342 e. The molecule has 0 fully saturated rings. The first-order valence-corrected chi connectivity index (χ1v) is 8.18. The Morgan fingerprint density at radius 2 is 1.89 bits per heavy atom. The van der Waals surface area contributed by atoms with Crippen molar-refractivity contribution in [2.24, 2.45) is 5.10 Å². The first-order chi connectivity index (χ1) is 13.6. The lowest BCUT2D eigenvalue weighted by atomic mass is 10.2. The van der Waals surface area contributed by atoms with Crippen molar-refractivity contribution in [3.05, 3.63) is 81.0 Å². The van der Waals surface area contributed by atoms with Crippen LogP contribution >= 0.6 is 0 Å². The van der Waals surface area contributed by atoms with Gasteiger partial charge in [0.05, 0.1) is 12.8 Å². The van der Waals surface area contributed by atoms with Crippen molar-refractivity contribution in [2.75, 3.05) is 11.9 Å². The maximum atomic E-state index is 11.8. The van der Waals surface area contributed by atoms with Crippen LogP contribution in [0, 0.1) is 0 Å². The predicted molar refractivity (Wildman–Crippen MR) is 103 cm³/mol. The summed E-state index contributed by atoms with van der Waals surface area (Å²) in [6, 6.07) is 16.5. The molecule has 0 aliphatic rings. The van der Waals surface area contributed by atoms with Gasteiger partial charge in [-0.25, -0.2) is 15.3 Å². The summed E-state index contributed by atoms with van der Waals surface area (Å²) in [5.41, 5.74) is 1.58. The van der Waals surface area contributed by atoms with Crippen LogP contribution in [0.3, 0.4) is 0 Å². The van der Waals surface area contributed by atoms with E-state index in [9.17, 15) is 14.4 Å². The lowest BCUT2D eigenvalue weighted by Crippen LogP contribution is -2.31. The molecule has 0 spiro atoms. The first-order valence-electron chi connectivity index (χ1n) is 8.18. The van der Waals surface area contributed by atoms with Crippen molar-refractivity contribution in [3.63, 3.8) is 0 Å². The fraction of sp³-hybridized carbons (Fsp3) is 0.0556. The average Bonchev–Trinajstić information content (AvgIpc) is 2.68. The molecule has 28 heavy (non-hydrogen) atoms. The average molecular weight is 380 g/mol. The van der Waals surface area contributed by atoms with E-state index < -0.39 is 17.2 Å². The molecule has 3 rings (SSSR count). The molecule has 0 radical (unpaired) electrons. The lowest BCUT2D eigenvalue weighted by molar-refractivity contribution is -0.119. The van der Waals surface area contributed by atoms with E-state index in [-0.39, 0.29) is 12.4 Å². The van der Waals surface area contributed by atoms with Crippen LogP contribution in [0.15, 0.2) is 69.3 Å². The van der Waals surface area contributed by atoms with E-state index in [1.165, 1.54) is 6.21 Å². The standard InChI is InChI=1S/C18H16N6O4/c25-15(11-19-16-17(26)21-18(27)24-23-16)22-20-10-12-5-4-8-14(9-12)28-13-6-2-1-3-7-13/h1-10H,11H2,(H,19,23)(H,22,25)(H2,21,24,26,27)/b20-10-. The molecule has 0 unspecified atom stereocenters. The van der Waals surface area contributed by atoms with E-state index in [4.69, 9.17) is 4.74 Å². The number of carbonyl (C=O) groups is 1. The van der Waals surface area contributed by atoms with Crippen molar-refractivity contribution in [3.8, 4) is 11.5 Å². The summed E-state index contributed by atoms with van der Waals surface area (Å²) in [6.45, 7) is -0.253. The molecule has 0 atom stereocenters. The number of H-pyrrole nitrogens is 2. The van der Waals surface area contributed by atoms with Gasteiger partial charge in [0.2, 0.25) is 5.82 Å². The molecular weight excluding hydrogens is 364 g/mol. The van der Waals surface area contributed by atoms with Gasteiger partial charge >= 0.3 is 5.69 Å². The number of nitrogens with one attached hydrogen (secondary N) is 4. The minimum atomic E-state index is -0.733. The SMILES string of the molecule is O=C(CNc1n[nH]c(=O)[nH]c1=O)N/N=C\c1cccc(Oc2ccccc2)c1. The van der Waals surface area contributed by atoms with Crippen LogP contribution in [-0.4, -0.2) is 33.8 Å². The first kappa shape index (κ1) is 18.6. The van der Waals surface area contributed by atoms with Crippen LogP contribution in [0.25, 0.3) is 0 Å². The highest BCUT2D eigenvalue weighted by Crippen LogP contribution is 2.21. The minimum Gasteiger partial charge on any atom is -0.457 e. The van der Waals surface area contributed by atoms with E-state index in [2.05, 4.69) is 26.0 Å². The van der Waals surface area contributed by atoms with Gasteiger partial charge in [0, 0.05) is 0 Å². The Balaban J connectivity index is 1.52. The maximum absolute atomic E-state index is 11.8. The number of carbonyl (C=O) groups excluding carboxylic acids is 1. The molecule has 0 saturated heterocycles. The van der Waals surface area contributed by atoms with E-state index in [0.717, 1.165) is 5.56 Å². The van der Waals surface area contributed by atoms with Gasteiger partial charge in [-0.05, 0) is 29.8 Å². The number of hydrazone groups is 1. The number of nitrogens with zero attached hydrogens (tertiary/aromatic N) is 2. The molecule has 1 aromatic heterocycles. The monoisotopic (exact) mass is 380 g/mol. The molecule has 10 heteroatoms. The number of amides is 1. The summed E-state index contributed by atoms with van der Waals surface area (Å²) in [5, 5.41) is 11.9. The zero-order valence-corrected chi connectivity index (χ0v) is 14.5. The molecule has 0 aliphatic carbocycles. The maximum Gasteiger partial charge on any atom is 0.342 e. The van der Waals surface area contributed by atoms with E-state index in [1.54, 1.807) is 18.2 Å². The van der Waals surface area contributed by atoms with Crippen LogP contribution in [0.4, 0.5) is 5.82 Å². The van der Waals surface area contributed by atoms with Gasteiger partial charge in [-0.2, -0.15) is 5.10 Å². The van der Waals surface area contributed by atoms with Gasteiger partial charge in [-0.15, -0.1) is 5.10 Å². The fourth-order valence-corrected chi connectivity index (χ4v) is 2.13. The van der Waals surface area contributed by atoms with Gasteiger partial charge in [0.15, 0.2) is 0 Å². The van der Waals surface area contributed by atoms with Crippen molar-refractivity contribution in [1.82, 2.24) is 20.6 Å². The fourth-order valence-electron chi connectivity index (χ4n) is 2.13. The second-order valence-corrected chi connectivity index (χ2v) is 5.49. The molecule has 1 amide bonds. The summed E-state index contributed by atoms with van der Waals surface area (Å²) >= 11 is 0. The molecular formula is C18H16N6O4. The number of rotatable bonds is 7. The highest BCUT2D eigenvalue weighted by Gasteiger charge is 2.04. The summed E-state index contributed by atoms with van der Waals surface area (Å²) in [4.78, 5) is 36.1. The Hall–Kier alpha value is -4.21. The number of hydrogen-bond acceptors (Lipinski definition) is 7. The van der Waals surface area contributed by atoms with Crippen LogP contribution in [-0.2, 0) is 4.79 Å².